The quantitative estimate of drug-likeness (QED) is 0.459. The van der Waals surface area contributed by atoms with Crippen molar-refractivity contribution in [3.63, 3.8) is 0 Å². The molecule has 0 heterocycles. The molecule has 136 valence electrons. The second kappa shape index (κ2) is 8.76. The van der Waals surface area contributed by atoms with E-state index in [4.69, 9.17) is 9.47 Å². The Morgan fingerprint density at radius 2 is 1.48 bits per heavy atom. The number of carbonyl (C=O) groups is 2. The van der Waals surface area contributed by atoms with Crippen LogP contribution in [0.4, 0.5) is 4.39 Å². The fourth-order valence-corrected chi connectivity index (χ4v) is 2.45. The molecule has 0 amide bonds. The summed E-state index contributed by atoms with van der Waals surface area (Å²) in [5.74, 6) is -0.762. The van der Waals surface area contributed by atoms with Crippen LogP contribution in [0.25, 0.3) is 0 Å². The maximum Gasteiger partial charge on any atom is 0.338 e. The fourth-order valence-electron chi connectivity index (χ4n) is 2.45. The van der Waals surface area contributed by atoms with Crippen molar-refractivity contribution in [1.82, 2.24) is 0 Å². The number of carbonyl (C=O) groups excluding carboxylic acids is 2. The number of benzene rings is 3. The molecule has 3 rings (SSSR count). The molecule has 0 saturated carbocycles. The van der Waals surface area contributed by atoms with Crippen LogP contribution in [0.1, 0.15) is 26.3 Å². The van der Waals surface area contributed by atoms with Crippen LogP contribution < -0.4 is 4.74 Å². The first kappa shape index (κ1) is 18.3. The maximum absolute atomic E-state index is 12.9. The van der Waals surface area contributed by atoms with E-state index in [2.05, 4.69) is 0 Å². The monoisotopic (exact) mass is 364 g/mol. The molecule has 0 aliphatic rings. The first-order valence-corrected chi connectivity index (χ1v) is 8.35. The summed E-state index contributed by atoms with van der Waals surface area (Å²) in [5.41, 5.74) is 1.27. The molecule has 0 aromatic heterocycles. The van der Waals surface area contributed by atoms with Gasteiger partial charge in [-0.15, -0.1) is 0 Å². The molecule has 0 aliphatic carbocycles. The Morgan fingerprint density at radius 3 is 2.22 bits per heavy atom. The van der Waals surface area contributed by atoms with Crippen LogP contribution in [-0.4, -0.2) is 18.4 Å². The lowest BCUT2D eigenvalue weighted by atomic mass is 10.1. The van der Waals surface area contributed by atoms with Gasteiger partial charge in [-0.05, 0) is 42.5 Å². The molecule has 5 heteroatoms. The minimum absolute atomic E-state index is 0.196. The number of hydrogen-bond donors (Lipinski definition) is 0. The van der Waals surface area contributed by atoms with Crippen molar-refractivity contribution in [1.29, 1.82) is 0 Å². The zero-order valence-electron chi connectivity index (χ0n) is 14.4. The highest BCUT2D eigenvalue weighted by Crippen LogP contribution is 2.16. The van der Waals surface area contributed by atoms with Gasteiger partial charge in [0.25, 0.3) is 0 Å². The van der Waals surface area contributed by atoms with Gasteiger partial charge in [0.15, 0.2) is 12.4 Å². The van der Waals surface area contributed by atoms with Gasteiger partial charge < -0.3 is 9.47 Å². The van der Waals surface area contributed by atoms with Crippen molar-refractivity contribution >= 4 is 11.8 Å². The highest BCUT2D eigenvalue weighted by atomic mass is 19.1. The number of Topliss-reactive ketones (excluding diaryl/α,β-unsaturated/α-hetero) is 1. The molecule has 3 aromatic rings. The minimum atomic E-state index is -0.613. The van der Waals surface area contributed by atoms with E-state index in [1.807, 2.05) is 30.3 Å². The molecule has 0 atom stereocenters. The summed E-state index contributed by atoms with van der Waals surface area (Å²) in [6.07, 6.45) is 0. The number of rotatable bonds is 7. The lowest BCUT2D eigenvalue weighted by molar-refractivity contribution is 0.0472. The van der Waals surface area contributed by atoms with Gasteiger partial charge in [0.1, 0.15) is 18.2 Å². The van der Waals surface area contributed by atoms with Crippen molar-refractivity contribution < 1.29 is 23.5 Å². The molecule has 27 heavy (non-hydrogen) atoms. The lowest BCUT2D eigenvalue weighted by Crippen LogP contribution is -2.16. The van der Waals surface area contributed by atoms with Gasteiger partial charge in [0.05, 0.1) is 5.56 Å². The van der Waals surface area contributed by atoms with Gasteiger partial charge in [-0.3, -0.25) is 4.79 Å². The van der Waals surface area contributed by atoms with Gasteiger partial charge in [0, 0.05) is 11.1 Å². The Kier molecular flexibility index (Phi) is 5.94. The second-order valence-electron chi connectivity index (χ2n) is 5.77. The molecule has 3 aromatic carbocycles. The molecule has 0 unspecified atom stereocenters. The summed E-state index contributed by atoms with van der Waals surface area (Å²) >= 11 is 0. The fraction of sp³-hybridized carbons (Fsp3) is 0.0909. The highest BCUT2D eigenvalue weighted by molar-refractivity contribution is 5.99. The van der Waals surface area contributed by atoms with Gasteiger partial charge in [0.2, 0.25) is 0 Å². The van der Waals surface area contributed by atoms with E-state index in [0.29, 0.717) is 16.9 Å². The number of ether oxygens (including phenoxy) is 2. The summed E-state index contributed by atoms with van der Waals surface area (Å²) in [7, 11) is 0. The normalized spacial score (nSPS) is 10.3. The van der Waals surface area contributed by atoms with E-state index in [-0.39, 0.29) is 12.2 Å². The van der Waals surface area contributed by atoms with Crippen LogP contribution in [0.3, 0.4) is 0 Å². The average Bonchev–Trinajstić information content (AvgIpc) is 2.71. The first-order chi connectivity index (χ1) is 13.1. The van der Waals surface area contributed by atoms with Crippen LogP contribution in [0, 0.1) is 5.82 Å². The molecule has 0 saturated heterocycles. The second-order valence-corrected chi connectivity index (χ2v) is 5.77. The molecule has 0 radical (unpaired) electrons. The number of esters is 1. The van der Waals surface area contributed by atoms with Crippen LogP contribution >= 0.6 is 0 Å². The molecule has 0 N–H and O–H groups in total. The van der Waals surface area contributed by atoms with Gasteiger partial charge in [-0.2, -0.15) is 0 Å². The van der Waals surface area contributed by atoms with E-state index in [0.717, 1.165) is 0 Å². The number of hydrogen-bond acceptors (Lipinski definition) is 4. The van der Waals surface area contributed by atoms with E-state index in [9.17, 15) is 14.0 Å². The molecular formula is C22H17FO4. The Morgan fingerprint density at radius 1 is 0.815 bits per heavy atom. The Labute approximate surface area is 156 Å². The van der Waals surface area contributed by atoms with Crippen molar-refractivity contribution in [2.45, 2.75) is 6.61 Å². The van der Waals surface area contributed by atoms with Crippen LogP contribution in [-0.2, 0) is 11.3 Å². The third-order valence-electron chi connectivity index (χ3n) is 3.88. The Hall–Kier alpha value is -3.47. The Bertz CT molecular complexity index is 921. The largest absolute Gasteiger partial charge is 0.489 e. The van der Waals surface area contributed by atoms with Crippen LogP contribution in [0.15, 0.2) is 78.9 Å². The van der Waals surface area contributed by atoms with Crippen LogP contribution in [0.2, 0.25) is 0 Å². The van der Waals surface area contributed by atoms with E-state index in [1.165, 1.54) is 24.3 Å². The summed E-state index contributed by atoms with van der Waals surface area (Å²) in [6.45, 7) is -0.223. The standard InChI is InChI=1S/C22H17FO4/c23-18-12-10-16(11-13-18)21(24)15-27-22(25)20-9-5-4-6-17(20)14-26-19-7-2-1-3-8-19/h1-13H,14-15H2. The predicted molar refractivity (Wildman–Crippen MR) is 98.2 cm³/mol. The van der Waals surface area contributed by atoms with E-state index in [1.54, 1.807) is 24.3 Å². The van der Waals surface area contributed by atoms with Gasteiger partial charge in [-0.1, -0.05) is 36.4 Å². The van der Waals surface area contributed by atoms with Gasteiger partial charge >= 0.3 is 5.97 Å². The molecule has 0 spiro atoms. The molecular weight excluding hydrogens is 347 g/mol. The maximum atomic E-state index is 12.9. The minimum Gasteiger partial charge on any atom is -0.489 e. The smallest absolute Gasteiger partial charge is 0.338 e. The third kappa shape index (κ3) is 5.01. The van der Waals surface area contributed by atoms with Crippen molar-refractivity contribution in [3.8, 4) is 5.75 Å². The predicted octanol–water partition coefficient (Wildman–Crippen LogP) is 4.44. The summed E-state index contributed by atoms with van der Waals surface area (Å²) in [4.78, 5) is 24.4. The first-order valence-electron chi connectivity index (χ1n) is 8.35. The Balaban J connectivity index is 1.62. The molecule has 4 nitrogen and oxygen atoms in total. The summed E-state index contributed by atoms with van der Waals surface area (Å²) < 4.78 is 23.7. The molecule has 0 aliphatic heterocycles. The van der Waals surface area contributed by atoms with E-state index >= 15 is 0 Å². The SMILES string of the molecule is O=C(COC(=O)c1ccccc1COc1ccccc1)c1ccc(F)cc1. The highest BCUT2D eigenvalue weighted by Gasteiger charge is 2.15. The van der Waals surface area contributed by atoms with Crippen molar-refractivity contribution in [2.75, 3.05) is 6.61 Å². The van der Waals surface area contributed by atoms with Crippen molar-refractivity contribution in [3.05, 3.63) is 101 Å². The topological polar surface area (TPSA) is 52.6 Å². The van der Waals surface area contributed by atoms with E-state index < -0.39 is 24.2 Å². The summed E-state index contributed by atoms with van der Waals surface area (Å²) in [5, 5.41) is 0. The molecule has 0 bridgehead atoms. The number of para-hydroxylation sites is 1. The third-order valence-corrected chi connectivity index (χ3v) is 3.88. The van der Waals surface area contributed by atoms with Crippen LogP contribution in [0.5, 0.6) is 5.75 Å². The number of halogens is 1. The zero-order chi connectivity index (χ0) is 19.1. The zero-order valence-corrected chi connectivity index (χ0v) is 14.4. The molecule has 0 fully saturated rings. The average molecular weight is 364 g/mol. The number of ketones is 1. The summed E-state index contributed by atoms with van der Waals surface area (Å²) in [6, 6.07) is 21.2. The van der Waals surface area contributed by atoms with Gasteiger partial charge in [-0.25, -0.2) is 9.18 Å². The van der Waals surface area contributed by atoms with Crippen molar-refractivity contribution in [2.24, 2.45) is 0 Å². The lowest BCUT2D eigenvalue weighted by Gasteiger charge is -2.11.